The Hall–Kier alpha value is -2.57. The molecule has 1 aliphatic heterocycles. The first-order valence-corrected chi connectivity index (χ1v) is 11.2. The molecule has 2 amide bonds. The third kappa shape index (κ3) is 6.71. The van der Waals surface area contributed by atoms with E-state index in [2.05, 4.69) is 20.4 Å². The third-order valence-electron chi connectivity index (χ3n) is 5.35. The molecule has 1 saturated heterocycles. The number of amides is 2. The molecule has 7 heteroatoms. The van der Waals surface area contributed by atoms with Gasteiger partial charge >= 0.3 is 0 Å². The van der Waals surface area contributed by atoms with Crippen molar-refractivity contribution in [2.24, 2.45) is 0 Å². The first-order valence-electron chi connectivity index (χ1n) is 10.8. The number of piperidine rings is 1. The van der Waals surface area contributed by atoms with E-state index >= 15 is 0 Å². The lowest BCUT2D eigenvalue weighted by atomic mass is 10.1. The largest absolute Gasteiger partial charge is 0.371 e. The fourth-order valence-electron chi connectivity index (χ4n) is 3.73. The molecule has 2 N–H and O–H groups in total. The van der Waals surface area contributed by atoms with Gasteiger partial charge in [0.25, 0.3) is 11.8 Å². The van der Waals surface area contributed by atoms with Crippen LogP contribution in [0.3, 0.4) is 0 Å². The smallest absolute Gasteiger partial charge is 0.255 e. The lowest BCUT2D eigenvalue weighted by molar-refractivity contribution is 0.0951. The molecule has 2 aromatic rings. The zero-order valence-corrected chi connectivity index (χ0v) is 19.0. The summed E-state index contributed by atoms with van der Waals surface area (Å²) in [6.07, 6.45) is 4.34. The van der Waals surface area contributed by atoms with E-state index in [0.717, 1.165) is 44.6 Å². The lowest BCUT2D eigenvalue weighted by Gasteiger charge is -2.30. The molecule has 0 atom stereocenters. The maximum atomic E-state index is 13.0. The summed E-state index contributed by atoms with van der Waals surface area (Å²) in [7, 11) is 4.03. The highest BCUT2D eigenvalue weighted by molar-refractivity contribution is 6.31. The molecule has 2 aromatic carbocycles. The van der Waals surface area contributed by atoms with Crippen LogP contribution < -0.4 is 15.5 Å². The summed E-state index contributed by atoms with van der Waals surface area (Å²) in [4.78, 5) is 30.0. The molecule has 0 saturated carbocycles. The Morgan fingerprint density at radius 2 is 1.81 bits per heavy atom. The van der Waals surface area contributed by atoms with Gasteiger partial charge in [0.05, 0.1) is 5.56 Å². The molecule has 0 bridgehead atoms. The predicted octanol–water partition coefficient (Wildman–Crippen LogP) is 4.26. The number of rotatable bonds is 8. The normalized spacial score (nSPS) is 13.9. The topological polar surface area (TPSA) is 64.7 Å². The van der Waals surface area contributed by atoms with Crippen LogP contribution in [0.25, 0.3) is 0 Å². The van der Waals surface area contributed by atoms with E-state index in [1.54, 1.807) is 30.3 Å². The van der Waals surface area contributed by atoms with E-state index in [-0.39, 0.29) is 11.8 Å². The van der Waals surface area contributed by atoms with Crippen LogP contribution in [0.2, 0.25) is 5.02 Å². The molecular weight excluding hydrogens is 412 g/mol. The highest BCUT2D eigenvalue weighted by Gasteiger charge is 2.20. The van der Waals surface area contributed by atoms with Crippen molar-refractivity contribution in [2.45, 2.75) is 25.7 Å². The summed E-state index contributed by atoms with van der Waals surface area (Å²) in [6, 6.07) is 12.4. The summed E-state index contributed by atoms with van der Waals surface area (Å²) >= 11 is 6.00. The van der Waals surface area contributed by atoms with Crippen molar-refractivity contribution in [3.8, 4) is 0 Å². The standard InChI is InChI=1S/C24H31ClN4O2/c1-28(2)13-7-12-26-24(31)21-17-20(10-11-22(21)29-14-4-3-5-15-29)27-23(30)18-8-6-9-19(25)16-18/h6,8-11,16-17H,3-5,7,12-15H2,1-2H3,(H,26,31)(H,27,30). The predicted molar refractivity (Wildman–Crippen MR) is 127 cm³/mol. The maximum Gasteiger partial charge on any atom is 0.255 e. The minimum atomic E-state index is -0.259. The average molecular weight is 443 g/mol. The number of hydrogen-bond donors (Lipinski definition) is 2. The Morgan fingerprint density at radius 3 is 2.52 bits per heavy atom. The van der Waals surface area contributed by atoms with Crippen LogP contribution in [0.1, 0.15) is 46.4 Å². The van der Waals surface area contributed by atoms with Gasteiger partial charge in [0.15, 0.2) is 0 Å². The summed E-state index contributed by atoms with van der Waals surface area (Å²) in [6.45, 7) is 3.40. The van der Waals surface area contributed by atoms with Crippen molar-refractivity contribution in [2.75, 3.05) is 50.5 Å². The Kier molecular flexibility index (Phi) is 8.32. The van der Waals surface area contributed by atoms with Crippen LogP contribution in [0, 0.1) is 0 Å². The average Bonchev–Trinajstić information content (AvgIpc) is 2.77. The van der Waals surface area contributed by atoms with Gasteiger partial charge in [0.1, 0.15) is 0 Å². The van der Waals surface area contributed by atoms with E-state index in [1.807, 2.05) is 26.2 Å². The number of hydrogen-bond acceptors (Lipinski definition) is 4. The van der Waals surface area contributed by atoms with Gasteiger partial charge < -0.3 is 20.4 Å². The number of halogens is 1. The molecule has 0 spiro atoms. The van der Waals surface area contributed by atoms with E-state index in [0.29, 0.717) is 28.4 Å². The Morgan fingerprint density at radius 1 is 1.03 bits per heavy atom. The molecule has 1 fully saturated rings. The number of benzene rings is 2. The number of carbonyl (C=O) groups excluding carboxylic acids is 2. The van der Waals surface area contributed by atoms with Gasteiger partial charge in [-0.05, 0) is 82.7 Å². The van der Waals surface area contributed by atoms with Gasteiger partial charge in [-0.3, -0.25) is 9.59 Å². The van der Waals surface area contributed by atoms with Crippen molar-refractivity contribution >= 4 is 34.8 Å². The second kappa shape index (κ2) is 11.2. The van der Waals surface area contributed by atoms with E-state index in [1.165, 1.54) is 6.42 Å². The molecule has 0 aromatic heterocycles. The van der Waals surface area contributed by atoms with Crippen molar-refractivity contribution < 1.29 is 9.59 Å². The SMILES string of the molecule is CN(C)CCCNC(=O)c1cc(NC(=O)c2cccc(Cl)c2)ccc1N1CCCCC1. The Balaban J connectivity index is 1.78. The van der Waals surface area contributed by atoms with E-state index in [4.69, 9.17) is 11.6 Å². The van der Waals surface area contributed by atoms with Gasteiger partial charge in [-0.1, -0.05) is 17.7 Å². The second-order valence-electron chi connectivity index (χ2n) is 8.16. The van der Waals surface area contributed by atoms with Crippen LogP contribution in [0.4, 0.5) is 11.4 Å². The lowest BCUT2D eigenvalue weighted by Crippen LogP contribution is -2.33. The minimum absolute atomic E-state index is 0.113. The fraction of sp³-hybridized carbons (Fsp3) is 0.417. The van der Waals surface area contributed by atoms with Crippen LogP contribution in [0.15, 0.2) is 42.5 Å². The zero-order valence-electron chi connectivity index (χ0n) is 18.3. The number of nitrogens with one attached hydrogen (secondary N) is 2. The van der Waals surface area contributed by atoms with Gasteiger partial charge in [-0.25, -0.2) is 0 Å². The van der Waals surface area contributed by atoms with Gasteiger partial charge in [0.2, 0.25) is 0 Å². The molecule has 0 unspecified atom stereocenters. The quantitative estimate of drug-likeness (QED) is 0.599. The molecule has 3 rings (SSSR count). The van der Waals surface area contributed by atoms with Crippen molar-refractivity contribution in [3.63, 3.8) is 0 Å². The highest BCUT2D eigenvalue weighted by Crippen LogP contribution is 2.27. The molecular formula is C24H31ClN4O2. The molecule has 166 valence electrons. The van der Waals surface area contributed by atoms with Crippen LogP contribution in [-0.2, 0) is 0 Å². The van der Waals surface area contributed by atoms with Crippen molar-refractivity contribution in [1.29, 1.82) is 0 Å². The highest BCUT2D eigenvalue weighted by atomic mass is 35.5. The summed E-state index contributed by atoms with van der Waals surface area (Å²) in [5.74, 6) is -0.372. The van der Waals surface area contributed by atoms with Crippen LogP contribution >= 0.6 is 11.6 Å². The molecule has 6 nitrogen and oxygen atoms in total. The second-order valence-corrected chi connectivity index (χ2v) is 8.59. The third-order valence-corrected chi connectivity index (χ3v) is 5.59. The molecule has 31 heavy (non-hydrogen) atoms. The van der Waals surface area contributed by atoms with Crippen LogP contribution in [0.5, 0.6) is 0 Å². The summed E-state index contributed by atoms with van der Waals surface area (Å²) < 4.78 is 0. The minimum Gasteiger partial charge on any atom is -0.371 e. The Labute approximate surface area is 189 Å². The van der Waals surface area contributed by atoms with Crippen molar-refractivity contribution in [3.05, 3.63) is 58.6 Å². The van der Waals surface area contributed by atoms with Crippen LogP contribution in [-0.4, -0.2) is 57.0 Å². The Bertz CT molecular complexity index is 910. The maximum absolute atomic E-state index is 13.0. The van der Waals surface area contributed by atoms with E-state index < -0.39 is 0 Å². The molecule has 1 heterocycles. The zero-order chi connectivity index (χ0) is 22.2. The number of carbonyl (C=O) groups is 2. The monoisotopic (exact) mass is 442 g/mol. The molecule has 0 radical (unpaired) electrons. The summed E-state index contributed by atoms with van der Waals surface area (Å²) in [5.41, 5.74) is 2.58. The van der Waals surface area contributed by atoms with Crippen molar-refractivity contribution in [1.82, 2.24) is 10.2 Å². The fourth-order valence-corrected chi connectivity index (χ4v) is 3.92. The van der Waals surface area contributed by atoms with Gasteiger partial charge in [0, 0.05) is 41.6 Å². The van der Waals surface area contributed by atoms with Gasteiger partial charge in [-0.2, -0.15) is 0 Å². The summed E-state index contributed by atoms with van der Waals surface area (Å²) in [5, 5.41) is 6.43. The van der Waals surface area contributed by atoms with Gasteiger partial charge in [-0.15, -0.1) is 0 Å². The van der Waals surface area contributed by atoms with E-state index in [9.17, 15) is 9.59 Å². The number of nitrogens with zero attached hydrogens (tertiary/aromatic N) is 2. The first-order chi connectivity index (χ1) is 14.9. The number of anilines is 2. The molecule has 1 aliphatic rings. The molecule has 0 aliphatic carbocycles. The first kappa shape index (κ1) is 23.1.